The molecule has 0 spiro atoms. The first-order valence-electron chi connectivity index (χ1n) is 4.19. The van der Waals surface area contributed by atoms with Crippen molar-refractivity contribution in [3.8, 4) is 0 Å². The van der Waals surface area contributed by atoms with Gasteiger partial charge in [-0.3, -0.25) is 9.59 Å². The molecule has 0 saturated heterocycles. The SMILES string of the molecule is CC(=O)C(N=O)C(=O)c1cccc(Cl)c1. The first-order valence-corrected chi connectivity index (χ1v) is 4.56. The van der Waals surface area contributed by atoms with E-state index in [1.165, 1.54) is 12.1 Å². The highest BCUT2D eigenvalue weighted by Gasteiger charge is 2.25. The molecule has 5 heteroatoms. The Bertz CT molecular complexity index is 417. The molecule has 0 radical (unpaired) electrons. The van der Waals surface area contributed by atoms with Gasteiger partial charge in [0, 0.05) is 10.6 Å². The monoisotopic (exact) mass is 225 g/mol. The fraction of sp³-hybridized carbons (Fsp3) is 0.200. The summed E-state index contributed by atoms with van der Waals surface area (Å²) in [6.07, 6.45) is 0. The summed E-state index contributed by atoms with van der Waals surface area (Å²) in [5.41, 5.74) is 0.210. The number of halogens is 1. The molecule has 1 rings (SSSR count). The standard InChI is InChI=1S/C10H8ClNO3/c1-6(13)9(12-15)10(14)7-3-2-4-8(11)5-7/h2-5,9H,1H3. The van der Waals surface area contributed by atoms with Crippen LogP contribution in [0.2, 0.25) is 5.02 Å². The van der Waals surface area contributed by atoms with Crippen LogP contribution in [0.1, 0.15) is 17.3 Å². The van der Waals surface area contributed by atoms with Crippen LogP contribution in [0.15, 0.2) is 29.4 Å². The van der Waals surface area contributed by atoms with E-state index in [4.69, 9.17) is 11.6 Å². The van der Waals surface area contributed by atoms with E-state index in [1.807, 2.05) is 0 Å². The number of ketones is 2. The van der Waals surface area contributed by atoms with Crippen LogP contribution >= 0.6 is 11.6 Å². The quantitative estimate of drug-likeness (QED) is 0.449. The number of benzene rings is 1. The summed E-state index contributed by atoms with van der Waals surface area (Å²) in [6.45, 7) is 1.15. The number of hydrogen-bond acceptors (Lipinski definition) is 4. The van der Waals surface area contributed by atoms with Crippen molar-refractivity contribution >= 4 is 23.2 Å². The maximum Gasteiger partial charge on any atom is 0.212 e. The van der Waals surface area contributed by atoms with Gasteiger partial charge in [0.2, 0.25) is 6.04 Å². The molecular formula is C10H8ClNO3. The van der Waals surface area contributed by atoms with Crippen LogP contribution in [0, 0.1) is 4.91 Å². The molecule has 0 aliphatic carbocycles. The van der Waals surface area contributed by atoms with E-state index in [1.54, 1.807) is 12.1 Å². The number of nitroso groups, excluding NO2 is 1. The van der Waals surface area contributed by atoms with E-state index in [-0.39, 0.29) is 5.56 Å². The highest BCUT2D eigenvalue weighted by molar-refractivity contribution is 6.31. The van der Waals surface area contributed by atoms with Gasteiger partial charge in [0.15, 0.2) is 11.6 Å². The Balaban J connectivity index is 3.03. The lowest BCUT2D eigenvalue weighted by Crippen LogP contribution is -2.25. The van der Waals surface area contributed by atoms with Crippen LogP contribution in [0.25, 0.3) is 0 Å². The maximum absolute atomic E-state index is 11.6. The minimum absolute atomic E-state index is 0.210. The second-order valence-corrected chi connectivity index (χ2v) is 3.43. The van der Waals surface area contributed by atoms with E-state index in [9.17, 15) is 14.5 Å². The van der Waals surface area contributed by atoms with E-state index in [0.29, 0.717) is 5.02 Å². The van der Waals surface area contributed by atoms with Crippen LogP contribution in [0.4, 0.5) is 0 Å². The summed E-state index contributed by atoms with van der Waals surface area (Å²) in [7, 11) is 0. The lowest BCUT2D eigenvalue weighted by atomic mass is 10.0. The van der Waals surface area contributed by atoms with Gasteiger partial charge in [0.25, 0.3) is 0 Å². The smallest absolute Gasteiger partial charge is 0.212 e. The molecule has 0 aromatic heterocycles. The van der Waals surface area contributed by atoms with Gasteiger partial charge in [-0.25, -0.2) is 0 Å². The minimum atomic E-state index is -1.47. The van der Waals surface area contributed by atoms with E-state index >= 15 is 0 Å². The van der Waals surface area contributed by atoms with E-state index in [2.05, 4.69) is 5.18 Å². The molecule has 0 amide bonds. The molecule has 1 aromatic carbocycles. The number of hydrogen-bond donors (Lipinski definition) is 0. The molecular weight excluding hydrogens is 218 g/mol. The van der Waals surface area contributed by atoms with Gasteiger partial charge in [0.05, 0.1) is 0 Å². The fourth-order valence-electron chi connectivity index (χ4n) is 1.11. The molecule has 1 aromatic rings. The van der Waals surface area contributed by atoms with Crippen LogP contribution in [0.5, 0.6) is 0 Å². The number of carbonyl (C=O) groups is 2. The Hall–Kier alpha value is -1.55. The Morgan fingerprint density at radius 2 is 2.07 bits per heavy atom. The topological polar surface area (TPSA) is 63.6 Å². The van der Waals surface area contributed by atoms with Crippen molar-refractivity contribution in [3.05, 3.63) is 39.8 Å². The molecule has 0 saturated carbocycles. The van der Waals surface area contributed by atoms with Gasteiger partial charge in [-0.05, 0) is 19.1 Å². The zero-order valence-corrected chi connectivity index (χ0v) is 8.69. The third-order valence-corrected chi connectivity index (χ3v) is 2.08. The highest BCUT2D eigenvalue weighted by Crippen LogP contribution is 2.13. The lowest BCUT2D eigenvalue weighted by molar-refractivity contribution is -0.117. The number of carbonyl (C=O) groups excluding carboxylic acids is 2. The summed E-state index contributed by atoms with van der Waals surface area (Å²) in [4.78, 5) is 32.8. The van der Waals surface area contributed by atoms with Gasteiger partial charge >= 0.3 is 0 Å². The number of rotatable bonds is 4. The molecule has 1 atom stereocenters. The Kier molecular flexibility index (Phi) is 3.68. The second kappa shape index (κ2) is 4.79. The zero-order chi connectivity index (χ0) is 11.4. The molecule has 0 bridgehead atoms. The average Bonchev–Trinajstić information content (AvgIpc) is 2.18. The van der Waals surface area contributed by atoms with Crippen LogP contribution < -0.4 is 0 Å². The fourth-order valence-corrected chi connectivity index (χ4v) is 1.30. The molecule has 78 valence electrons. The Labute approximate surface area is 91.2 Å². The van der Waals surface area contributed by atoms with Gasteiger partial charge in [-0.1, -0.05) is 28.9 Å². The van der Waals surface area contributed by atoms with Crippen molar-refractivity contribution < 1.29 is 9.59 Å². The number of nitrogens with zero attached hydrogens (tertiary/aromatic N) is 1. The van der Waals surface area contributed by atoms with Crippen molar-refractivity contribution in [1.29, 1.82) is 0 Å². The Morgan fingerprint density at radius 1 is 1.40 bits per heavy atom. The molecule has 0 heterocycles. The maximum atomic E-state index is 11.6. The zero-order valence-electron chi connectivity index (χ0n) is 7.94. The van der Waals surface area contributed by atoms with E-state index < -0.39 is 17.6 Å². The molecule has 4 nitrogen and oxygen atoms in total. The summed E-state index contributed by atoms with van der Waals surface area (Å²) < 4.78 is 0. The van der Waals surface area contributed by atoms with Gasteiger partial charge in [-0.15, -0.1) is 4.91 Å². The first kappa shape index (κ1) is 11.5. The predicted octanol–water partition coefficient (Wildman–Crippen LogP) is 2.25. The third kappa shape index (κ3) is 2.70. The van der Waals surface area contributed by atoms with Gasteiger partial charge in [-0.2, -0.15) is 0 Å². The van der Waals surface area contributed by atoms with Crippen molar-refractivity contribution in [3.63, 3.8) is 0 Å². The molecule has 0 aliphatic rings. The van der Waals surface area contributed by atoms with Crippen LogP contribution in [0.3, 0.4) is 0 Å². The van der Waals surface area contributed by atoms with Crippen molar-refractivity contribution in [1.82, 2.24) is 0 Å². The van der Waals surface area contributed by atoms with Gasteiger partial charge < -0.3 is 0 Å². The summed E-state index contributed by atoms with van der Waals surface area (Å²) in [5, 5.41) is 2.87. The van der Waals surface area contributed by atoms with Crippen molar-refractivity contribution in [2.24, 2.45) is 5.18 Å². The Morgan fingerprint density at radius 3 is 2.53 bits per heavy atom. The normalized spacial score (nSPS) is 11.9. The largest absolute Gasteiger partial charge is 0.297 e. The van der Waals surface area contributed by atoms with Crippen molar-refractivity contribution in [2.75, 3.05) is 0 Å². The van der Waals surface area contributed by atoms with E-state index in [0.717, 1.165) is 6.92 Å². The molecule has 0 aliphatic heterocycles. The third-order valence-electron chi connectivity index (χ3n) is 1.85. The van der Waals surface area contributed by atoms with Crippen molar-refractivity contribution in [2.45, 2.75) is 13.0 Å². The highest BCUT2D eigenvalue weighted by atomic mass is 35.5. The van der Waals surface area contributed by atoms with Gasteiger partial charge in [0.1, 0.15) is 0 Å². The first-order chi connectivity index (χ1) is 7.06. The summed E-state index contributed by atoms with van der Waals surface area (Å²) in [5.74, 6) is -1.20. The molecule has 15 heavy (non-hydrogen) atoms. The summed E-state index contributed by atoms with van der Waals surface area (Å²) >= 11 is 5.67. The predicted molar refractivity (Wildman–Crippen MR) is 56.0 cm³/mol. The van der Waals surface area contributed by atoms with Crippen LogP contribution in [-0.2, 0) is 4.79 Å². The molecule has 0 N–H and O–H groups in total. The number of Topliss-reactive ketones (excluding diaryl/α,β-unsaturated/α-hetero) is 2. The minimum Gasteiger partial charge on any atom is -0.297 e. The summed E-state index contributed by atoms with van der Waals surface area (Å²) in [6, 6.07) is 4.57. The lowest BCUT2D eigenvalue weighted by Gasteiger charge is -2.04. The average molecular weight is 226 g/mol. The van der Waals surface area contributed by atoms with Crippen LogP contribution in [-0.4, -0.2) is 17.6 Å². The molecule has 1 unspecified atom stereocenters. The molecule has 0 fully saturated rings. The second-order valence-electron chi connectivity index (χ2n) is 2.99.